The van der Waals surface area contributed by atoms with Crippen LogP contribution in [0.4, 0.5) is 0 Å². The summed E-state index contributed by atoms with van der Waals surface area (Å²) in [6, 6.07) is 69.0. The fourth-order valence-electron chi connectivity index (χ4n) is 9.13. The van der Waals surface area contributed by atoms with Crippen molar-refractivity contribution in [2.75, 3.05) is 0 Å². The van der Waals surface area contributed by atoms with Gasteiger partial charge in [0.25, 0.3) is 0 Å². The van der Waals surface area contributed by atoms with E-state index in [-0.39, 0.29) is 393 Å². The first-order valence-electron chi connectivity index (χ1n) is 23.8. The van der Waals surface area contributed by atoms with Crippen LogP contribution in [-0.4, -0.2) is 40.2 Å². The quantitative estimate of drug-likeness (QED) is 0.115. The number of para-hydroxylation sites is 1. The minimum atomic E-state index is -0.534. The van der Waals surface area contributed by atoms with Crippen LogP contribution in [0.15, 0.2) is 194 Å². The summed E-state index contributed by atoms with van der Waals surface area (Å²) < 4.78 is 0. The first-order chi connectivity index (χ1) is 31.8. The summed E-state index contributed by atoms with van der Waals surface area (Å²) in [4.78, 5) is 3.50. The summed E-state index contributed by atoms with van der Waals surface area (Å²) in [5.74, 6) is 0. The molecule has 0 spiro atoms. The summed E-state index contributed by atoms with van der Waals surface area (Å²) in [5.41, 5.74) is 18.9. The third-order valence-corrected chi connectivity index (χ3v) is 12.4. The molecule has 1 aliphatic heterocycles. The molecule has 0 unspecified atom stereocenters. The summed E-state index contributed by atoms with van der Waals surface area (Å²) in [6.45, 7) is 13.2. The van der Waals surface area contributed by atoms with Gasteiger partial charge in [0.2, 0.25) is 0 Å². The standard InChI is InChI=1S/C25H17BN.C14H14B.C12H10B.C6H14B.C2H6B.12Y/c1-2-6-20-16(5-1)13-17-9-10-18(14-22(17)20)26-19-11-12-25-23(15-19)21-7-3-4-8-24(21)27-25;1-15(2)13-9-5-3-7-11(13)12-8-4-6-10-14(12)15;1-3-7-11(8-4-1)13-12-9-5-2-6-10-12;1-3-5-7-6-4-2;1-3-2;;;;;;;;;;;;/h1-12,14-15,27H,13H2;3-10H,1-2H3;1-10H;3-6H2,1-2H3;1-2H3;;;;;;;;;;;;/q5*-1;;;;;;;;;;;;. The fraction of sp³-hybridized carbons (Fsp3) is 0.186. The second-order valence-corrected chi connectivity index (χ2v) is 17.8. The van der Waals surface area contributed by atoms with Crippen molar-refractivity contribution in [2.24, 2.45) is 0 Å². The predicted molar refractivity (Wildman–Crippen MR) is 295 cm³/mol. The Hall–Kier alpha value is 7.13. The Morgan fingerprint density at radius 3 is 1.29 bits per heavy atom. The number of aromatic amines is 1. The normalized spacial score (nSPS) is 10.2. The Bertz CT molecular complexity index is 2840. The monoisotopic (exact) mass is 1910 g/mol. The van der Waals surface area contributed by atoms with E-state index < -0.39 is 6.15 Å². The molecule has 1 aromatic heterocycles. The molecule has 2 heterocycles. The van der Waals surface area contributed by atoms with Gasteiger partial charge in [0.1, 0.15) is 0 Å². The zero-order chi connectivity index (χ0) is 45.4. The molecule has 0 atom stereocenters. The molecule has 0 saturated carbocycles. The van der Waals surface area contributed by atoms with Gasteiger partial charge < -0.3 is 19.5 Å². The van der Waals surface area contributed by atoms with E-state index >= 15 is 0 Å². The van der Waals surface area contributed by atoms with Crippen molar-refractivity contribution < 1.29 is 393 Å². The number of H-pyrrole nitrogens is 1. The van der Waals surface area contributed by atoms with E-state index in [4.69, 9.17) is 0 Å². The number of benzene rings is 8. The maximum absolute atomic E-state index is 3.50. The van der Waals surface area contributed by atoms with Gasteiger partial charge in [-0.25, -0.2) is 12.6 Å². The first-order valence-corrected chi connectivity index (χ1v) is 23.8. The van der Waals surface area contributed by atoms with Crippen molar-refractivity contribution in [1.29, 1.82) is 0 Å². The maximum atomic E-state index is 3.50. The Kier molecular flexibility index (Phi) is 65.2. The molecule has 2 aliphatic rings. The van der Waals surface area contributed by atoms with Gasteiger partial charge in [-0.15, -0.1) is 36.4 Å². The zero-order valence-electron chi connectivity index (χ0n) is 46.3. The minimum Gasteiger partial charge on any atom is -0.355 e. The smallest absolute Gasteiger partial charge is 0.0501 e. The molecule has 18 heteroatoms. The van der Waals surface area contributed by atoms with Crippen LogP contribution in [0.1, 0.15) is 37.8 Å². The molecule has 8 aromatic carbocycles. The van der Waals surface area contributed by atoms with Crippen molar-refractivity contribution in [2.45, 2.75) is 73.0 Å². The van der Waals surface area contributed by atoms with Gasteiger partial charge >= 0.3 is 0 Å². The van der Waals surface area contributed by atoms with Gasteiger partial charge in [-0.3, -0.25) is 50.1 Å². The molecule has 1 aliphatic carbocycles. The van der Waals surface area contributed by atoms with Gasteiger partial charge in [0.05, 0.1) is 6.15 Å². The first kappa shape index (κ1) is 95.2. The van der Waals surface area contributed by atoms with Crippen molar-refractivity contribution >= 4 is 89.8 Å². The second kappa shape index (κ2) is 52.7. The van der Waals surface area contributed by atoms with E-state index in [9.17, 15) is 0 Å². The number of fused-ring (bicyclic) bond motifs is 9. The van der Waals surface area contributed by atoms with Crippen LogP contribution in [0.5, 0.6) is 0 Å². The van der Waals surface area contributed by atoms with E-state index in [2.05, 4.69) is 236 Å². The van der Waals surface area contributed by atoms with Crippen molar-refractivity contribution in [1.82, 2.24) is 4.98 Å². The minimum absolute atomic E-state index is 0. The topological polar surface area (TPSA) is 15.8 Å². The Morgan fingerprint density at radius 1 is 0.377 bits per heavy atom. The predicted octanol–water partition coefficient (Wildman–Crippen LogP) is 11.5. The third-order valence-electron chi connectivity index (χ3n) is 12.4. The SMILES string of the molecule is CCC[B-]CCC.C[B-]1(C)c2ccccc2-c2ccccc21.C[B-]C.[B-](c1ccc2c(c1)-c1ccccc1C2)c1ccc2[nH]c3ccccc3c2c1.[B-](c1ccccc1)c1ccccc1.[Y].[Y].[Y].[Y].[Y].[Y].[Y].[Y].[Y].[Y].[Y].[Y]. The van der Waals surface area contributed by atoms with Crippen LogP contribution >= 0.6 is 0 Å². The second-order valence-electron chi connectivity index (χ2n) is 17.8. The largest absolute Gasteiger partial charge is 0.355 e. The summed E-state index contributed by atoms with van der Waals surface area (Å²) in [6.07, 6.45) is 5.72. The van der Waals surface area contributed by atoms with Crippen LogP contribution in [0, 0.1) is 0 Å². The molecule has 20 radical (unpaired) electrons. The molecule has 0 bridgehead atoms. The Labute approximate surface area is 770 Å². The molecular weight excluding hydrogens is 1840 g/mol. The summed E-state index contributed by atoms with van der Waals surface area (Å²) in [7, 11) is 8.81. The van der Waals surface area contributed by atoms with Crippen molar-refractivity contribution in [3.63, 3.8) is 0 Å². The molecule has 9 aromatic rings. The van der Waals surface area contributed by atoms with Gasteiger partial charge in [-0.1, -0.05) is 183 Å². The number of hydrogen-bond acceptors (Lipinski definition) is 0. The Morgan fingerprint density at radius 2 is 0.766 bits per heavy atom. The van der Waals surface area contributed by atoms with Crippen molar-refractivity contribution in [3.8, 4) is 22.3 Å². The number of rotatable bonds is 8. The molecule has 77 heavy (non-hydrogen) atoms. The van der Waals surface area contributed by atoms with Gasteiger partial charge in [-0.2, -0.15) is 24.6 Å². The average molecular weight is 1910 g/mol. The maximum Gasteiger partial charge on any atom is 0.0501 e. The molecular formula is C59H61B5NY12-5. The number of hydrogen-bond donors (Lipinski definition) is 1. The molecule has 358 valence electrons. The third kappa shape index (κ3) is 29.1. The Balaban J connectivity index is -0.000000221. The summed E-state index contributed by atoms with van der Waals surface area (Å²) >= 11 is 0. The molecule has 0 fully saturated rings. The van der Waals surface area contributed by atoms with E-state index in [1.807, 2.05) is 33.1 Å². The van der Waals surface area contributed by atoms with Gasteiger partial charge in [-0.05, 0) is 40.8 Å². The van der Waals surface area contributed by atoms with Crippen LogP contribution in [0.3, 0.4) is 0 Å². The van der Waals surface area contributed by atoms with Crippen LogP contribution in [0.25, 0.3) is 44.1 Å². The van der Waals surface area contributed by atoms with E-state index in [0.717, 1.165) is 6.42 Å². The average Bonchev–Trinajstić information content (AvgIpc) is 3.98. The van der Waals surface area contributed by atoms with Crippen LogP contribution in [0.2, 0.25) is 39.9 Å². The number of aromatic nitrogens is 1. The van der Waals surface area contributed by atoms with Gasteiger partial charge in [0, 0.05) is 414 Å². The van der Waals surface area contributed by atoms with E-state index in [0.29, 0.717) is 0 Å². The fourth-order valence-corrected chi connectivity index (χ4v) is 9.13. The molecule has 0 amide bonds. The molecule has 1 nitrogen and oxygen atoms in total. The van der Waals surface area contributed by atoms with Crippen LogP contribution in [-0.2, 0) is 399 Å². The zero-order valence-corrected chi connectivity index (χ0v) is 80.4. The molecule has 11 rings (SSSR count). The summed E-state index contributed by atoms with van der Waals surface area (Å²) in [5, 5.41) is 2.57. The molecule has 0 saturated heterocycles. The van der Waals surface area contributed by atoms with Crippen molar-refractivity contribution in [3.05, 3.63) is 205 Å². The van der Waals surface area contributed by atoms with E-state index in [1.54, 1.807) is 0 Å². The van der Waals surface area contributed by atoms with Gasteiger partial charge in [0.15, 0.2) is 0 Å². The molecule has 1 N–H and O–H groups in total. The van der Waals surface area contributed by atoms with Crippen LogP contribution < -0.4 is 32.8 Å². The number of nitrogens with one attached hydrogen (secondary N) is 1. The van der Waals surface area contributed by atoms with E-state index in [1.165, 1.54) is 113 Å².